The number of aromatic amines is 1. The lowest BCUT2D eigenvalue weighted by atomic mass is 10.2. The van der Waals surface area contributed by atoms with Crippen LogP contribution in [-0.2, 0) is 35.5 Å². The Labute approximate surface area is 202 Å². The second-order valence-electron chi connectivity index (χ2n) is 7.77. The topological polar surface area (TPSA) is 114 Å². The number of aryl methyl sites for hydroxylation is 2. The maximum Gasteiger partial charge on any atom is 0.339 e. The number of furan rings is 1. The summed E-state index contributed by atoms with van der Waals surface area (Å²) in [6.45, 7) is 0.161. The van der Waals surface area contributed by atoms with E-state index >= 15 is 0 Å². The third kappa shape index (κ3) is 4.78. The number of rotatable bonds is 8. The molecule has 1 aliphatic rings. The van der Waals surface area contributed by atoms with E-state index in [1.807, 2.05) is 0 Å². The molecule has 0 fully saturated rings. The second kappa shape index (κ2) is 9.86. The number of nitrogens with zero attached hydrogens (tertiary/aromatic N) is 1. The van der Waals surface area contributed by atoms with Gasteiger partial charge in [0.1, 0.15) is 23.0 Å². The predicted octanol–water partition coefficient (Wildman–Crippen LogP) is 3.83. The number of thioether (sulfide) groups is 1. The second-order valence-corrected chi connectivity index (χ2v) is 9.87. The van der Waals surface area contributed by atoms with Gasteiger partial charge < -0.3 is 19.5 Å². The molecule has 10 heteroatoms. The maximum absolute atomic E-state index is 12.8. The van der Waals surface area contributed by atoms with E-state index in [1.165, 1.54) is 16.6 Å². The van der Waals surface area contributed by atoms with E-state index in [4.69, 9.17) is 9.15 Å². The first-order valence-corrected chi connectivity index (χ1v) is 12.6. The molecule has 5 rings (SSSR count). The average Bonchev–Trinajstić information content (AvgIpc) is 3.58. The third-order valence-corrected chi connectivity index (χ3v) is 7.73. The molecule has 0 saturated heterocycles. The summed E-state index contributed by atoms with van der Waals surface area (Å²) in [5, 5.41) is 3.44. The number of carbonyl (C=O) groups is 2. The Morgan fingerprint density at radius 3 is 2.94 bits per heavy atom. The van der Waals surface area contributed by atoms with Crippen LogP contribution in [0.2, 0.25) is 0 Å². The van der Waals surface area contributed by atoms with Gasteiger partial charge in [-0.05, 0) is 49.1 Å². The fourth-order valence-electron chi connectivity index (χ4n) is 3.88. The summed E-state index contributed by atoms with van der Waals surface area (Å²) in [4.78, 5) is 47.3. The third-order valence-electron chi connectivity index (χ3n) is 5.47. The standard InChI is InChI=1S/C24H21N3O5S2/c28-20(25-11-14-5-4-10-31-14)13-33-17-8-2-1-6-16(17)24(30)32-12-19-26-22(29)21-15-7-3-9-18(15)34-23(21)27-19/h1-2,4-6,8,10H,3,7,9,11-13H2,(H,25,28)(H,26,27,29). The van der Waals surface area contributed by atoms with Gasteiger partial charge in [-0.3, -0.25) is 9.59 Å². The van der Waals surface area contributed by atoms with Crippen molar-refractivity contribution in [3.05, 3.63) is 80.6 Å². The Kier molecular flexibility index (Phi) is 6.50. The van der Waals surface area contributed by atoms with Crippen molar-refractivity contribution in [3.63, 3.8) is 0 Å². The lowest BCUT2D eigenvalue weighted by Gasteiger charge is -2.09. The first-order chi connectivity index (χ1) is 16.6. The molecule has 0 saturated carbocycles. The monoisotopic (exact) mass is 495 g/mol. The SMILES string of the molecule is O=C(CSc1ccccc1C(=O)OCc1nc2sc3c(c2c(=O)[nH]1)CCC3)NCc1ccco1. The minimum absolute atomic E-state index is 0.138. The van der Waals surface area contributed by atoms with Gasteiger partial charge in [-0.2, -0.15) is 0 Å². The summed E-state index contributed by atoms with van der Waals surface area (Å²) in [5.74, 6) is 0.394. The van der Waals surface area contributed by atoms with E-state index in [0.29, 0.717) is 38.8 Å². The summed E-state index contributed by atoms with van der Waals surface area (Å²) in [6.07, 6.45) is 4.51. The van der Waals surface area contributed by atoms with Crippen molar-refractivity contribution in [1.29, 1.82) is 0 Å². The number of hydrogen-bond donors (Lipinski definition) is 2. The highest BCUT2D eigenvalue weighted by Crippen LogP contribution is 2.34. The van der Waals surface area contributed by atoms with E-state index in [2.05, 4.69) is 15.3 Å². The van der Waals surface area contributed by atoms with Crippen LogP contribution >= 0.6 is 23.1 Å². The summed E-state index contributed by atoms with van der Waals surface area (Å²) in [7, 11) is 0. The van der Waals surface area contributed by atoms with Gasteiger partial charge in [0.2, 0.25) is 5.91 Å². The van der Waals surface area contributed by atoms with E-state index in [1.54, 1.807) is 54.0 Å². The van der Waals surface area contributed by atoms with Crippen LogP contribution in [0.4, 0.5) is 0 Å². The van der Waals surface area contributed by atoms with Gasteiger partial charge in [0.05, 0.1) is 29.5 Å². The Hall–Kier alpha value is -3.37. The fourth-order valence-corrected chi connectivity index (χ4v) is 6.03. The molecule has 3 heterocycles. The van der Waals surface area contributed by atoms with Crippen molar-refractivity contribution in [2.75, 3.05) is 5.75 Å². The molecule has 174 valence electrons. The zero-order valence-corrected chi connectivity index (χ0v) is 19.7. The first kappa shape index (κ1) is 22.4. The van der Waals surface area contributed by atoms with Crippen LogP contribution in [0.3, 0.4) is 0 Å². The maximum atomic E-state index is 12.8. The van der Waals surface area contributed by atoms with Crippen LogP contribution in [-0.4, -0.2) is 27.6 Å². The van der Waals surface area contributed by atoms with E-state index < -0.39 is 5.97 Å². The molecule has 0 spiro atoms. The number of aromatic nitrogens is 2. The van der Waals surface area contributed by atoms with Crippen LogP contribution in [0, 0.1) is 0 Å². The minimum atomic E-state index is -0.546. The molecule has 1 amide bonds. The minimum Gasteiger partial charge on any atom is -0.467 e. The molecule has 0 radical (unpaired) electrons. The quantitative estimate of drug-likeness (QED) is 0.282. The molecule has 3 aromatic heterocycles. The molecule has 1 aliphatic carbocycles. The van der Waals surface area contributed by atoms with Crippen LogP contribution in [0.15, 0.2) is 56.8 Å². The Bertz CT molecular complexity index is 1410. The van der Waals surface area contributed by atoms with Crippen LogP contribution in [0.1, 0.15) is 38.8 Å². The largest absolute Gasteiger partial charge is 0.467 e. The van der Waals surface area contributed by atoms with Gasteiger partial charge in [-0.15, -0.1) is 23.1 Å². The first-order valence-electron chi connectivity index (χ1n) is 10.8. The Balaban J connectivity index is 1.21. The molecule has 1 aromatic carbocycles. The zero-order valence-electron chi connectivity index (χ0n) is 18.1. The smallest absolute Gasteiger partial charge is 0.339 e. The molecule has 34 heavy (non-hydrogen) atoms. The Morgan fingerprint density at radius 2 is 2.09 bits per heavy atom. The van der Waals surface area contributed by atoms with E-state index in [0.717, 1.165) is 24.8 Å². The van der Waals surface area contributed by atoms with Crippen LogP contribution < -0.4 is 10.9 Å². The average molecular weight is 496 g/mol. The fraction of sp³-hybridized carbons (Fsp3) is 0.250. The molecule has 0 unspecified atom stereocenters. The molecule has 0 bridgehead atoms. The molecule has 8 nitrogen and oxygen atoms in total. The van der Waals surface area contributed by atoms with Gasteiger partial charge in [0, 0.05) is 9.77 Å². The van der Waals surface area contributed by atoms with E-state index in [9.17, 15) is 14.4 Å². The van der Waals surface area contributed by atoms with Crippen molar-refractivity contribution in [2.45, 2.75) is 37.3 Å². The number of thiophene rings is 1. The van der Waals surface area contributed by atoms with Crippen molar-refractivity contribution in [3.8, 4) is 0 Å². The number of ether oxygens (including phenoxy) is 1. The van der Waals surface area contributed by atoms with Gasteiger partial charge in [0.15, 0.2) is 0 Å². The summed E-state index contributed by atoms with van der Waals surface area (Å²) in [6, 6.07) is 10.5. The number of hydrogen-bond acceptors (Lipinski definition) is 8. The number of nitrogens with one attached hydrogen (secondary N) is 2. The van der Waals surface area contributed by atoms with Crippen molar-refractivity contribution >= 4 is 45.2 Å². The zero-order chi connectivity index (χ0) is 23.5. The molecule has 4 aromatic rings. The highest BCUT2D eigenvalue weighted by Gasteiger charge is 2.21. The predicted molar refractivity (Wildman–Crippen MR) is 129 cm³/mol. The van der Waals surface area contributed by atoms with Crippen LogP contribution in [0.25, 0.3) is 10.2 Å². The molecular weight excluding hydrogens is 474 g/mol. The van der Waals surface area contributed by atoms with Gasteiger partial charge in [-0.1, -0.05) is 12.1 Å². The highest BCUT2D eigenvalue weighted by molar-refractivity contribution is 8.00. The number of H-pyrrole nitrogens is 1. The van der Waals surface area contributed by atoms with Crippen LogP contribution in [0.5, 0.6) is 0 Å². The normalized spacial score (nSPS) is 12.6. The Morgan fingerprint density at radius 1 is 1.21 bits per heavy atom. The summed E-state index contributed by atoms with van der Waals surface area (Å²) < 4.78 is 10.6. The van der Waals surface area contributed by atoms with Gasteiger partial charge in [-0.25, -0.2) is 9.78 Å². The summed E-state index contributed by atoms with van der Waals surface area (Å²) >= 11 is 2.79. The summed E-state index contributed by atoms with van der Waals surface area (Å²) in [5.41, 5.74) is 1.27. The highest BCUT2D eigenvalue weighted by atomic mass is 32.2. The lowest BCUT2D eigenvalue weighted by molar-refractivity contribution is -0.118. The molecular formula is C24H21N3O5S2. The van der Waals surface area contributed by atoms with Crippen molar-refractivity contribution in [1.82, 2.24) is 15.3 Å². The number of esters is 1. The molecule has 2 N–H and O–H groups in total. The number of fused-ring (bicyclic) bond motifs is 3. The molecule has 0 atom stereocenters. The van der Waals surface area contributed by atoms with Gasteiger partial charge >= 0.3 is 5.97 Å². The number of benzene rings is 1. The van der Waals surface area contributed by atoms with Crippen molar-refractivity contribution in [2.24, 2.45) is 0 Å². The molecule has 0 aliphatic heterocycles. The van der Waals surface area contributed by atoms with Crippen molar-refractivity contribution < 1.29 is 18.7 Å². The van der Waals surface area contributed by atoms with Gasteiger partial charge in [0.25, 0.3) is 5.56 Å². The number of amides is 1. The lowest BCUT2D eigenvalue weighted by Crippen LogP contribution is -2.24. The van der Waals surface area contributed by atoms with E-state index in [-0.39, 0.29) is 23.8 Å². The number of carbonyl (C=O) groups excluding carboxylic acids is 2.